The van der Waals surface area contributed by atoms with Crippen LogP contribution in [0, 0.1) is 5.92 Å². The molecule has 0 aliphatic carbocycles. The van der Waals surface area contributed by atoms with Gasteiger partial charge >= 0.3 is 18.2 Å². The Kier molecular flexibility index (Phi) is 9.50. The van der Waals surface area contributed by atoms with Crippen molar-refractivity contribution < 1.29 is 33.4 Å². The first-order chi connectivity index (χ1) is 15.6. The van der Waals surface area contributed by atoms with Crippen molar-refractivity contribution >= 4 is 24.1 Å². The summed E-state index contributed by atoms with van der Waals surface area (Å²) >= 11 is 0. The minimum atomic E-state index is -1.12. The van der Waals surface area contributed by atoms with Crippen LogP contribution in [0.4, 0.5) is 9.59 Å². The molecule has 1 aliphatic heterocycles. The molecule has 10 heteroatoms. The maximum Gasteiger partial charge on any atom is 0.410 e. The first-order valence-electron chi connectivity index (χ1n) is 10.9. The van der Waals surface area contributed by atoms with E-state index in [1.54, 1.807) is 32.9 Å². The van der Waals surface area contributed by atoms with Crippen LogP contribution in [0.1, 0.15) is 39.2 Å². The first kappa shape index (κ1) is 26.0. The zero-order valence-electron chi connectivity index (χ0n) is 19.6. The molecule has 33 heavy (non-hydrogen) atoms. The predicted octanol–water partition coefficient (Wildman–Crippen LogP) is 2.22. The van der Waals surface area contributed by atoms with Crippen LogP contribution in [0.5, 0.6) is 0 Å². The Morgan fingerprint density at radius 1 is 1.15 bits per heavy atom. The quantitative estimate of drug-likeness (QED) is 0.469. The third-order valence-corrected chi connectivity index (χ3v) is 4.91. The van der Waals surface area contributed by atoms with Gasteiger partial charge in [0.05, 0.1) is 13.0 Å². The Bertz CT molecular complexity index is 823. The van der Waals surface area contributed by atoms with E-state index in [-0.39, 0.29) is 25.6 Å². The molecule has 3 amide bonds. The van der Waals surface area contributed by atoms with Crippen LogP contribution < -0.4 is 10.6 Å². The van der Waals surface area contributed by atoms with Crippen molar-refractivity contribution in [2.24, 2.45) is 5.92 Å². The van der Waals surface area contributed by atoms with Gasteiger partial charge in [-0.25, -0.2) is 14.4 Å². The van der Waals surface area contributed by atoms with Crippen molar-refractivity contribution in [2.45, 2.75) is 51.9 Å². The van der Waals surface area contributed by atoms with Crippen molar-refractivity contribution in [2.75, 3.05) is 26.7 Å². The lowest BCUT2D eigenvalue weighted by atomic mass is 9.97. The summed E-state index contributed by atoms with van der Waals surface area (Å²) < 4.78 is 15.2. The average molecular weight is 464 g/mol. The Balaban J connectivity index is 1.86. The average Bonchev–Trinajstić information content (AvgIpc) is 2.79. The third kappa shape index (κ3) is 8.99. The van der Waals surface area contributed by atoms with E-state index in [0.717, 1.165) is 5.56 Å². The fourth-order valence-corrected chi connectivity index (χ4v) is 3.27. The summed E-state index contributed by atoms with van der Waals surface area (Å²) in [6, 6.07) is 7.97. The number of likely N-dealkylation sites (tertiary alicyclic amines) is 1. The number of benzene rings is 1. The molecule has 0 spiro atoms. The lowest BCUT2D eigenvalue weighted by Crippen LogP contribution is -2.52. The second kappa shape index (κ2) is 12.1. The summed E-state index contributed by atoms with van der Waals surface area (Å²) in [6.45, 7) is 5.94. The number of nitrogens with zero attached hydrogens (tertiary/aromatic N) is 1. The second-order valence-electron chi connectivity index (χ2n) is 8.79. The number of ether oxygens (including phenoxy) is 3. The number of piperidine rings is 1. The van der Waals surface area contributed by atoms with Gasteiger partial charge in [-0.05, 0) is 39.2 Å². The maximum atomic E-state index is 12.7. The Labute approximate surface area is 193 Å². The van der Waals surface area contributed by atoms with Crippen molar-refractivity contribution in [3.8, 4) is 0 Å². The monoisotopic (exact) mass is 463 g/mol. The Morgan fingerprint density at radius 3 is 2.48 bits per heavy atom. The number of hydrogen-bond acceptors (Lipinski definition) is 7. The number of alkyl carbamates (subject to hydrolysis) is 1. The van der Waals surface area contributed by atoms with Gasteiger partial charge in [0.15, 0.2) is 0 Å². The van der Waals surface area contributed by atoms with E-state index in [0.29, 0.717) is 19.4 Å². The fraction of sp³-hybridized carbons (Fsp3) is 0.565. The number of nitrogens with one attached hydrogen (secondary N) is 2. The van der Waals surface area contributed by atoms with Gasteiger partial charge in [-0.2, -0.15) is 0 Å². The molecule has 0 bridgehead atoms. The molecule has 182 valence electrons. The molecule has 1 saturated heterocycles. The molecule has 0 radical (unpaired) electrons. The van der Waals surface area contributed by atoms with E-state index in [4.69, 9.17) is 14.2 Å². The highest BCUT2D eigenvalue weighted by atomic mass is 16.6. The van der Waals surface area contributed by atoms with Crippen molar-refractivity contribution in [1.29, 1.82) is 0 Å². The molecule has 2 rings (SSSR count). The van der Waals surface area contributed by atoms with E-state index >= 15 is 0 Å². The van der Waals surface area contributed by atoms with E-state index < -0.39 is 35.7 Å². The first-order valence-corrected chi connectivity index (χ1v) is 10.9. The summed E-state index contributed by atoms with van der Waals surface area (Å²) in [5.74, 6) is -1.49. The highest BCUT2D eigenvalue weighted by Gasteiger charge is 2.32. The lowest BCUT2D eigenvalue weighted by molar-refractivity contribution is -0.143. The molecule has 1 aliphatic rings. The van der Waals surface area contributed by atoms with Gasteiger partial charge in [-0.3, -0.25) is 4.79 Å². The van der Waals surface area contributed by atoms with Gasteiger partial charge in [-0.1, -0.05) is 30.3 Å². The van der Waals surface area contributed by atoms with Crippen LogP contribution in [-0.4, -0.2) is 67.3 Å². The summed E-state index contributed by atoms with van der Waals surface area (Å²) in [5, 5.41) is 5.08. The largest absolute Gasteiger partial charge is 0.467 e. The maximum absolute atomic E-state index is 12.7. The van der Waals surface area contributed by atoms with Crippen molar-refractivity contribution in [3.05, 3.63) is 35.9 Å². The van der Waals surface area contributed by atoms with Gasteiger partial charge in [-0.15, -0.1) is 0 Å². The van der Waals surface area contributed by atoms with Crippen molar-refractivity contribution in [1.82, 2.24) is 15.5 Å². The van der Waals surface area contributed by atoms with Crippen LogP contribution in [0.2, 0.25) is 0 Å². The molecular weight excluding hydrogens is 430 g/mol. The highest BCUT2D eigenvalue weighted by Crippen LogP contribution is 2.19. The molecule has 1 aromatic carbocycles. The highest BCUT2D eigenvalue weighted by molar-refractivity contribution is 5.84. The number of esters is 1. The van der Waals surface area contributed by atoms with E-state index in [2.05, 4.69) is 10.6 Å². The summed E-state index contributed by atoms with van der Waals surface area (Å²) in [4.78, 5) is 50.7. The van der Waals surface area contributed by atoms with Crippen molar-refractivity contribution in [3.63, 3.8) is 0 Å². The lowest BCUT2D eigenvalue weighted by Gasteiger charge is -2.33. The molecule has 1 aromatic rings. The van der Waals surface area contributed by atoms with Crippen LogP contribution in [0.25, 0.3) is 0 Å². The summed E-state index contributed by atoms with van der Waals surface area (Å²) in [7, 11) is 1.19. The number of rotatable bonds is 7. The number of methoxy groups -OCH3 is 1. The van der Waals surface area contributed by atoms with Gasteiger partial charge in [0, 0.05) is 19.6 Å². The topological polar surface area (TPSA) is 123 Å². The molecule has 0 saturated carbocycles. The number of amides is 3. The predicted molar refractivity (Wildman–Crippen MR) is 119 cm³/mol. The van der Waals surface area contributed by atoms with Gasteiger partial charge < -0.3 is 29.7 Å². The van der Waals surface area contributed by atoms with Gasteiger partial charge in [0.2, 0.25) is 5.91 Å². The SMILES string of the molecule is COC(=O)[C@H](CNC(=O)[C@@H]1CCCN(C(=O)OC(C)(C)C)C1)NC(=O)OCc1ccccc1. The molecular formula is C23H33N3O7. The molecule has 0 aromatic heterocycles. The number of hydrogen-bond donors (Lipinski definition) is 2. The van der Waals surface area contributed by atoms with Gasteiger partial charge in [0.25, 0.3) is 0 Å². The Morgan fingerprint density at radius 2 is 1.85 bits per heavy atom. The molecule has 1 fully saturated rings. The number of carbonyl (C=O) groups is 4. The molecule has 2 atom stereocenters. The molecule has 1 heterocycles. The molecule has 10 nitrogen and oxygen atoms in total. The molecule has 0 unspecified atom stereocenters. The minimum absolute atomic E-state index is 0.0372. The van der Waals surface area contributed by atoms with Gasteiger partial charge in [0.1, 0.15) is 18.2 Å². The zero-order valence-corrected chi connectivity index (χ0v) is 19.6. The third-order valence-electron chi connectivity index (χ3n) is 4.91. The summed E-state index contributed by atoms with van der Waals surface area (Å²) in [6.07, 6.45) is -0.0184. The normalized spacial score (nSPS) is 16.8. The van der Waals surface area contributed by atoms with E-state index in [1.165, 1.54) is 12.0 Å². The minimum Gasteiger partial charge on any atom is -0.467 e. The van der Waals surface area contributed by atoms with E-state index in [9.17, 15) is 19.2 Å². The number of carbonyl (C=O) groups excluding carboxylic acids is 4. The van der Waals surface area contributed by atoms with Crippen LogP contribution in [0.15, 0.2) is 30.3 Å². The zero-order chi connectivity index (χ0) is 24.4. The van der Waals surface area contributed by atoms with Crippen LogP contribution >= 0.6 is 0 Å². The van der Waals surface area contributed by atoms with E-state index in [1.807, 2.05) is 18.2 Å². The van der Waals surface area contributed by atoms with Crippen LogP contribution in [-0.2, 0) is 30.4 Å². The Hall–Kier alpha value is -3.30. The van der Waals surface area contributed by atoms with Crippen LogP contribution in [0.3, 0.4) is 0 Å². The summed E-state index contributed by atoms with van der Waals surface area (Å²) in [5.41, 5.74) is 0.170. The second-order valence-corrected chi connectivity index (χ2v) is 8.79. The smallest absolute Gasteiger partial charge is 0.410 e. The fourth-order valence-electron chi connectivity index (χ4n) is 3.27. The standard InChI is InChI=1S/C23H33N3O7/c1-23(2,3)33-22(30)26-12-8-11-17(14-26)19(27)24-13-18(20(28)31-4)25-21(29)32-15-16-9-6-5-7-10-16/h5-7,9-10,17-18H,8,11-15H2,1-4H3,(H,24,27)(H,25,29)/t17-,18+/m1/s1. The molecule has 2 N–H and O–H groups in total.